The SMILES string of the molecule is COc1cc2c(N[C@H](C)c3cc(N)cc(C(F)(F)F)c3C)nc(C)nc2cc1C(=O)N1CCOCC1. The molecular weight excluding hydrogens is 475 g/mol. The van der Waals surface area contributed by atoms with Gasteiger partial charge in [0.15, 0.2) is 0 Å². The average Bonchev–Trinajstić information content (AvgIpc) is 2.83. The molecule has 2 heterocycles. The van der Waals surface area contributed by atoms with Crippen molar-refractivity contribution in [3.05, 3.63) is 52.3 Å². The van der Waals surface area contributed by atoms with Crippen molar-refractivity contribution in [2.24, 2.45) is 0 Å². The number of halogens is 3. The number of aromatic nitrogens is 2. The zero-order chi connectivity index (χ0) is 26.2. The van der Waals surface area contributed by atoms with E-state index in [1.165, 1.54) is 20.1 Å². The minimum atomic E-state index is -4.52. The van der Waals surface area contributed by atoms with Gasteiger partial charge in [-0.15, -0.1) is 0 Å². The molecule has 4 rings (SSSR count). The van der Waals surface area contributed by atoms with Crippen LogP contribution in [0.25, 0.3) is 10.9 Å². The molecule has 3 N–H and O–H groups in total. The summed E-state index contributed by atoms with van der Waals surface area (Å²) < 4.78 is 51.5. The quantitative estimate of drug-likeness (QED) is 0.494. The van der Waals surface area contributed by atoms with E-state index in [4.69, 9.17) is 15.2 Å². The number of nitrogens with zero attached hydrogens (tertiary/aromatic N) is 3. The van der Waals surface area contributed by atoms with Gasteiger partial charge in [0.2, 0.25) is 0 Å². The molecule has 0 spiro atoms. The summed E-state index contributed by atoms with van der Waals surface area (Å²) in [6.45, 7) is 6.75. The number of hydrogen-bond acceptors (Lipinski definition) is 7. The van der Waals surface area contributed by atoms with Crippen molar-refractivity contribution in [3.8, 4) is 5.75 Å². The van der Waals surface area contributed by atoms with Crippen LogP contribution in [0, 0.1) is 13.8 Å². The van der Waals surface area contributed by atoms with E-state index in [-0.39, 0.29) is 17.2 Å². The van der Waals surface area contributed by atoms with Crippen LogP contribution in [0.4, 0.5) is 24.7 Å². The Kier molecular flexibility index (Phi) is 6.94. The number of morpholine rings is 1. The number of aryl methyl sites for hydroxylation is 1. The van der Waals surface area contributed by atoms with Gasteiger partial charge in [-0.05, 0) is 56.2 Å². The van der Waals surface area contributed by atoms with Gasteiger partial charge in [-0.2, -0.15) is 13.2 Å². The van der Waals surface area contributed by atoms with Crippen molar-refractivity contribution in [3.63, 3.8) is 0 Å². The number of rotatable bonds is 5. The van der Waals surface area contributed by atoms with Crippen molar-refractivity contribution in [1.82, 2.24) is 14.9 Å². The van der Waals surface area contributed by atoms with Gasteiger partial charge < -0.3 is 25.4 Å². The number of amides is 1. The summed E-state index contributed by atoms with van der Waals surface area (Å²) >= 11 is 0. The van der Waals surface area contributed by atoms with E-state index >= 15 is 0 Å². The third-order valence-electron chi connectivity index (χ3n) is 6.25. The number of nitrogens with two attached hydrogens (primary N) is 1. The molecule has 3 aromatic rings. The highest BCUT2D eigenvalue weighted by atomic mass is 19.4. The van der Waals surface area contributed by atoms with Gasteiger partial charge in [0.05, 0.1) is 43.0 Å². The van der Waals surface area contributed by atoms with Crippen molar-refractivity contribution in [1.29, 1.82) is 0 Å². The third-order valence-corrected chi connectivity index (χ3v) is 6.25. The highest BCUT2D eigenvalue weighted by Crippen LogP contribution is 2.38. The van der Waals surface area contributed by atoms with Crippen molar-refractivity contribution in [2.45, 2.75) is 33.0 Å². The molecule has 0 bridgehead atoms. The molecule has 11 heteroatoms. The Morgan fingerprint density at radius 2 is 1.86 bits per heavy atom. The lowest BCUT2D eigenvalue weighted by atomic mass is 9.96. The molecule has 1 fully saturated rings. The van der Waals surface area contributed by atoms with Crippen LogP contribution >= 0.6 is 0 Å². The Morgan fingerprint density at radius 3 is 2.50 bits per heavy atom. The Bertz CT molecular complexity index is 1310. The number of nitrogens with one attached hydrogen (secondary N) is 1. The molecule has 0 saturated carbocycles. The van der Waals surface area contributed by atoms with Gasteiger partial charge in [-0.3, -0.25) is 4.79 Å². The molecule has 36 heavy (non-hydrogen) atoms. The second-order valence-electron chi connectivity index (χ2n) is 8.74. The summed E-state index contributed by atoms with van der Waals surface area (Å²) in [5, 5.41) is 3.78. The number of fused-ring (bicyclic) bond motifs is 1. The van der Waals surface area contributed by atoms with Crippen LogP contribution in [0.2, 0.25) is 0 Å². The van der Waals surface area contributed by atoms with E-state index in [0.717, 1.165) is 6.07 Å². The highest BCUT2D eigenvalue weighted by molar-refractivity contribution is 6.02. The molecule has 8 nitrogen and oxygen atoms in total. The predicted molar refractivity (Wildman–Crippen MR) is 130 cm³/mol. The van der Waals surface area contributed by atoms with Crippen LogP contribution in [0.1, 0.15) is 45.8 Å². The van der Waals surface area contributed by atoms with Crippen molar-refractivity contribution >= 4 is 28.3 Å². The summed E-state index contributed by atoms with van der Waals surface area (Å²) in [6, 6.07) is 5.23. The second kappa shape index (κ2) is 9.81. The Balaban J connectivity index is 1.75. The van der Waals surface area contributed by atoms with Crippen LogP contribution in [0.3, 0.4) is 0 Å². The Labute approximate surface area is 206 Å². The second-order valence-corrected chi connectivity index (χ2v) is 8.74. The number of carbonyl (C=O) groups is 1. The fourth-order valence-corrected chi connectivity index (χ4v) is 4.44. The topological polar surface area (TPSA) is 103 Å². The van der Waals surface area contributed by atoms with Gasteiger partial charge >= 0.3 is 6.18 Å². The molecule has 0 aliphatic carbocycles. The van der Waals surface area contributed by atoms with Crippen LogP contribution in [0.15, 0.2) is 24.3 Å². The van der Waals surface area contributed by atoms with Gasteiger partial charge in [-0.1, -0.05) is 0 Å². The molecule has 1 amide bonds. The van der Waals surface area contributed by atoms with Crippen molar-refractivity contribution < 1.29 is 27.4 Å². The number of hydrogen-bond donors (Lipinski definition) is 2. The maximum atomic E-state index is 13.5. The summed E-state index contributed by atoms with van der Waals surface area (Å²) in [4.78, 5) is 23.8. The first-order chi connectivity index (χ1) is 17.0. The predicted octanol–water partition coefficient (Wildman–Crippen LogP) is 4.50. The third kappa shape index (κ3) is 5.01. The first kappa shape index (κ1) is 25.5. The monoisotopic (exact) mass is 503 g/mol. The van der Waals surface area contributed by atoms with Crippen LogP contribution in [-0.2, 0) is 10.9 Å². The highest BCUT2D eigenvalue weighted by Gasteiger charge is 2.34. The molecule has 1 aromatic heterocycles. The number of methoxy groups -OCH3 is 1. The molecule has 1 aliphatic heterocycles. The van der Waals surface area contributed by atoms with Gasteiger partial charge in [0.1, 0.15) is 17.4 Å². The average molecular weight is 504 g/mol. The molecule has 1 saturated heterocycles. The van der Waals surface area contributed by atoms with E-state index in [1.54, 1.807) is 30.9 Å². The summed E-state index contributed by atoms with van der Waals surface area (Å²) in [5.41, 5.74) is 6.41. The number of ether oxygens (including phenoxy) is 2. The largest absolute Gasteiger partial charge is 0.496 e. The molecule has 0 unspecified atom stereocenters. The summed E-state index contributed by atoms with van der Waals surface area (Å²) in [6.07, 6.45) is -4.52. The molecule has 1 aliphatic rings. The van der Waals surface area contributed by atoms with Crippen LogP contribution in [0.5, 0.6) is 5.75 Å². The fraction of sp³-hybridized carbons (Fsp3) is 0.400. The Morgan fingerprint density at radius 1 is 1.17 bits per heavy atom. The number of alkyl halides is 3. The number of carbonyl (C=O) groups excluding carboxylic acids is 1. The molecular formula is C25H28F3N5O3. The smallest absolute Gasteiger partial charge is 0.416 e. The fourth-order valence-electron chi connectivity index (χ4n) is 4.44. The van der Waals surface area contributed by atoms with E-state index in [0.29, 0.717) is 65.7 Å². The number of nitrogen functional groups attached to an aromatic ring is 1. The van der Waals surface area contributed by atoms with E-state index < -0.39 is 17.8 Å². The molecule has 1 atom stereocenters. The minimum absolute atomic E-state index is 0.0215. The Hall–Kier alpha value is -3.60. The zero-order valence-corrected chi connectivity index (χ0v) is 20.5. The lowest BCUT2D eigenvalue weighted by Gasteiger charge is -2.27. The zero-order valence-electron chi connectivity index (χ0n) is 20.5. The molecule has 0 radical (unpaired) electrons. The normalized spacial score (nSPS) is 15.1. The van der Waals surface area contributed by atoms with Gasteiger partial charge in [0.25, 0.3) is 5.91 Å². The molecule has 2 aromatic carbocycles. The molecule has 192 valence electrons. The van der Waals surface area contributed by atoms with E-state index in [2.05, 4.69) is 15.3 Å². The summed E-state index contributed by atoms with van der Waals surface area (Å²) in [7, 11) is 1.47. The number of benzene rings is 2. The maximum Gasteiger partial charge on any atom is 0.416 e. The lowest BCUT2D eigenvalue weighted by Crippen LogP contribution is -2.40. The summed E-state index contributed by atoms with van der Waals surface area (Å²) in [5.74, 6) is 1.00. The van der Waals surface area contributed by atoms with Crippen LogP contribution < -0.4 is 15.8 Å². The first-order valence-corrected chi connectivity index (χ1v) is 11.5. The van der Waals surface area contributed by atoms with Gasteiger partial charge in [0, 0.05) is 24.2 Å². The standard InChI is InChI=1S/C25H28F3N5O3/c1-13-17(9-16(29)10-20(13)25(26,27)28)14(2)30-23-18-12-22(35-4)19(11-21(18)31-15(3)32-23)24(34)33-5-7-36-8-6-33/h9-12,14H,5-8,29H2,1-4H3,(H,30,31,32)/t14-/m1/s1. The van der Waals surface area contributed by atoms with Gasteiger partial charge in [-0.25, -0.2) is 9.97 Å². The van der Waals surface area contributed by atoms with E-state index in [1.807, 2.05) is 0 Å². The minimum Gasteiger partial charge on any atom is -0.496 e. The van der Waals surface area contributed by atoms with E-state index in [9.17, 15) is 18.0 Å². The number of anilines is 2. The lowest BCUT2D eigenvalue weighted by molar-refractivity contribution is -0.138. The maximum absolute atomic E-state index is 13.5. The van der Waals surface area contributed by atoms with Crippen LogP contribution in [-0.4, -0.2) is 54.2 Å². The van der Waals surface area contributed by atoms with Crippen molar-refractivity contribution in [2.75, 3.05) is 44.5 Å². The first-order valence-electron chi connectivity index (χ1n) is 11.5.